The number of amides is 1. The lowest BCUT2D eigenvalue weighted by atomic mass is 10.2. The van der Waals surface area contributed by atoms with E-state index in [0.29, 0.717) is 31.6 Å². The average molecular weight is 456 g/mol. The van der Waals surface area contributed by atoms with E-state index in [-0.39, 0.29) is 22.4 Å². The minimum Gasteiger partial charge on any atom is -0.361 e. The molecule has 1 amide bonds. The predicted octanol–water partition coefficient (Wildman–Crippen LogP) is 2.98. The van der Waals surface area contributed by atoms with Gasteiger partial charge in [-0.3, -0.25) is 14.2 Å². The fraction of sp³-hybridized carbons (Fsp3) is 0.318. The van der Waals surface area contributed by atoms with Gasteiger partial charge in [-0.1, -0.05) is 41.9 Å². The Labute approximate surface area is 188 Å². The van der Waals surface area contributed by atoms with Crippen LogP contribution in [0.1, 0.15) is 39.0 Å². The van der Waals surface area contributed by atoms with E-state index in [1.807, 2.05) is 30.3 Å². The summed E-state index contributed by atoms with van der Waals surface area (Å²) in [5.41, 5.74) is 2.65. The lowest BCUT2D eigenvalue weighted by Crippen LogP contribution is -2.36. The first-order chi connectivity index (χ1) is 15.1. The van der Waals surface area contributed by atoms with Gasteiger partial charge in [-0.15, -0.1) is 11.3 Å². The molecule has 4 heterocycles. The number of rotatable bonds is 6. The predicted molar refractivity (Wildman–Crippen MR) is 121 cm³/mol. The molecule has 9 heteroatoms. The van der Waals surface area contributed by atoms with E-state index in [1.54, 1.807) is 11.3 Å². The molecular formula is C22H22ClN5O2S. The number of nitrogens with zero attached hydrogens (tertiary/aromatic N) is 2. The van der Waals surface area contributed by atoms with Crippen molar-refractivity contribution in [2.45, 2.75) is 45.1 Å². The molecule has 0 bridgehead atoms. The maximum atomic E-state index is 13.1. The molecule has 1 aromatic carbocycles. The van der Waals surface area contributed by atoms with Gasteiger partial charge >= 0.3 is 0 Å². The van der Waals surface area contributed by atoms with Crippen molar-refractivity contribution in [3.05, 3.63) is 78.5 Å². The van der Waals surface area contributed by atoms with Crippen LogP contribution < -0.4 is 21.5 Å². The normalized spacial score (nSPS) is 16.7. The van der Waals surface area contributed by atoms with E-state index in [0.717, 1.165) is 23.5 Å². The molecule has 0 fully saturated rings. The second kappa shape index (κ2) is 8.45. The van der Waals surface area contributed by atoms with Gasteiger partial charge in [0.25, 0.3) is 5.56 Å². The molecule has 2 aromatic heterocycles. The van der Waals surface area contributed by atoms with Crippen molar-refractivity contribution in [3.8, 4) is 0 Å². The number of hydrogen-bond acceptors (Lipinski definition) is 6. The summed E-state index contributed by atoms with van der Waals surface area (Å²) in [6.45, 7) is 2.70. The summed E-state index contributed by atoms with van der Waals surface area (Å²) in [6, 6.07) is 11.3. The minimum absolute atomic E-state index is 0.163. The largest absolute Gasteiger partial charge is 0.361 e. The molecule has 0 saturated heterocycles. The molecule has 0 radical (unpaired) electrons. The fourth-order valence-corrected chi connectivity index (χ4v) is 5.53. The first-order valence-electron chi connectivity index (χ1n) is 10.3. The van der Waals surface area contributed by atoms with Crippen LogP contribution in [0, 0.1) is 0 Å². The van der Waals surface area contributed by atoms with Crippen LogP contribution in [0.15, 0.2) is 41.2 Å². The zero-order valence-electron chi connectivity index (χ0n) is 16.8. The number of aromatic nitrogens is 2. The van der Waals surface area contributed by atoms with Crippen molar-refractivity contribution in [3.63, 3.8) is 0 Å². The third-order valence-corrected chi connectivity index (χ3v) is 7.20. The van der Waals surface area contributed by atoms with Crippen LogP contribution in [0.25, 0.3) is 0 Å². The number of nitrogens with one attached hydrogen (secondary N) is 3. The van der Waals surface area contributed by atoms with Crippen LogP contribution in [-0.4, -0.2) is 15.5 Å². The van der Waals surface area contributed by atoms with E-state index < -0.39 is 6.04 Å². The van der Waals surface area contributed by atoms with Crippen molar-refractivity contribution < 1.29 is 4.79 Å². The van der Waals surface area contributed by atoms with Crippen LogP contribution in [0.4, 0.5) is 5.82 Å². The Bertz CT molecular complexity index is 1170. The molecule has 2 aliphatic rings. The Morgan fingerprint density at radius 1 is 1.26 bits per heavy atom. The number of carbonyl (C=O) groups excluding carboxylic acids is 1. The Morgan fingerprint density at radius 3 is 2.90 bits per heavy atom. The van der Waals surface area contributed by atoms with Crippen molar-refractivity contribution in [1.82, 2.24) is 20.2 Å². The lowest BCUT2D eigenvalue weighted by molar-refractivity contribution is -0.124. The maximum absolute atomic E-state index is 13.1. The number of halogens is 1. The van der Waals surface area contributed by atoms with Gasteiger partial charge in [0, 0.05) is 29.4 Å². The molecule has 0 spiro atoms. The molecule has 7 nitrogen and oxygen atoms in total. The highest BCUT2D eigenvalue weighted by Crippen LogP contribution is 2.30. The van der Waals surface area contributed by atoms with Crippen LogP contribution in [0.3, 0.4) is 0 Å². The third-order valence-electron chi connectivity index (χ3n) is 5.72. The topological polar surface area (TPSA) is 88.1 Å². The van der Waals surface area contributed by atoms with E-state index in [1.165, 1.54) is 15.0 Å². The molecular weight excluding hydrogens is 434 g/mol. The summed E-state index contributed by atoms with van der Waals surface area (Å²) in [6.07, 6.45) is 1.09. The van der Waals surface area contributed by atoms with Gasteiger partial charge in [-0.05, 0) is 30.0 Å². The summed E-state index contributed by atoms with van der Waals surface area (Å²) < 4.78 is 1.51. The van der Waals surface area contributed by atoms with Gasteiger partial charge in [-0.25, -0.2) is 4.98 Å². The van der Waals surface area contributed by atoms with E-state index in [9.17, 15) is 9.59 Å². The number of carbonyl (C=O) groups is 1. The van der Waals surface area contributed by atoms with Gasteiger partial charge in [0.15, 0.2) is 11.0 Å². The zero-order valence-corrected chi connectivity index (χ0v) is 18.4. The smallest absolute Gasteiger partial charge is 0.294 e. The zero-order chi connectivity index (χ0) is 21.4. The van der Waals surface area contributed by atoms with Gasteiger partial charge < -0.3 is 16.0 Å². The molecule has 160 valence electrons. The Balaban J connectivity index is 1.32. The van der Waals surface area contributed by atoms with Gasteiger partial charge in [0.05, 0.1) is 12.2 Å². The monoisotopic (exact) mass is 455 g/mol. The summed E-state index contributed by atoms with van der Waals surface area (Å²) in [4.78, 5) is 32.8. The van der Waals surface area contributed by atoms with Crippen LogP contribution in [-0.2, 0) is 37.4 Å². The number of thiophene rings is 1. The SMILES string of the molecule is O=C(NCc1cc2c(s1)CNC2)[C@@H]1CCc2c(Cl)nc(NCc3ccccc3)c(=O)n21. The molecule has 3 aromatic rings. The van der Waals surface area contributed by atoms with Crippen LogP contribution in [0.2, 0.25) is 5.15 Å². The first kappa shape index (κ1) is 20.2. The van der Waals surface area contributed by atoms with E-state index in [4.69, 9.17) is 11.6 Å². The van der Waals surface area contributed by atoms with Gasteiger partial charge in [-0.2, -0.15) is 0 Å². The Morgan fingerprint density at radius 2 is 2.10 bits per heavy atom. The Hall–Kier alpha value is -2.68. The highest BCUT2D eigenvalue weighted by Gasteiger charge is 2.32. The molecule has 2 aliphatic heterocycles. The van der Waals surface area contributed by atoms with E-state index in [2.05, 4.69) is 27.0 Å². The maximum Gasteiger partial charge on any atom is 0.294 e. The summed E-state index contributed by atoms with van der Waals surface area (Å²) in [7, 11) is 0. The van der Waals surface area contributed by atoms with Crippen molar-refractivity contribution >= 4 is 34.7 Å². The lowest BCUT2D eigenvalue weighted by Gasteiger charge is -2.16. The van der Waals surface area contributed by atoms with Crippen molar-refractivity contribution in [1.29, 1.82) is 0 Å². The number of anilines is 1. The first-order valence-corrected chi connectivity index (χ1v) is 11.5. The third kappa shape index (κ3) is 3.98. The molecule has 0 saturated carbocycles. The van der Waals surface area contributed by atoms with Crippen molar-refractivity contribution in [2.24, 2.45) is 0 Å². The Kier molecular flexibility index (Phi) is 5.52. The average Bonchev–Trinajstić information content (AvgIpc) is 3.49. The number of fused-ring (bicyclic) bond motifs is 2. The molecule has 0 aliphatic carbocycles. The van der Waals surface area contributed by atoms with Gasteiger partial charge in [0.1, 0.15) is 6.04 Å². The minimum atomic E-state index is -0.575. The molecule has 1 atom stereocenters. The highest BCUT2D eigenvalue weighted by molar-refractivity contribution is 7.12. The van der Waals surface area contributed by atoms with Gasteiger partial charge in [0.2, 0.25) is 5.91 Å². The fourth-order valence-electron chi connectivity index (χ4n) is 4.16. The standard InChI is InChI=1S/C22H22ClN5O2S/c23-19-16-6-7-17(21(29)26-11-15-8-14-10-24-12-18(14)31-15)28(16)22(30)20(27-19)25-9-13-4-2-1-3-5-13/h1-5,8,17,24H,6-7,9-12H2,(H,25,27)(H,26,29)/t17-/m0/s1. The summed E-state index contributed by atoms with van der Waals surface area (Å²) in [5.74, 6) is 0.00305. The number of hydrogen-bond donors (Lipinski definition) is 3. The second-order valence-corrected chi connectivity index (χ2v) is 9.33. The van der Waals surface area contributed by atoms with Crippen LogP contribution >= 0.6 is 22.9 Å². The van der Waals surface area contributed by atoms with E-state index >= 15 is 0 Å². The quantitative estimate of drug-likeness (QED) is 0.532. The summed E-state index contributed by atoms with van der Waals surface area (Å²) in [5, 5.41) is 9.66. The number of benzene rings is 1. The highest BCUT2D eigenvalue weighted by atomic mass is 35.5. The molecule has 5 rings (SSSR count). The molecule has 0 unspecified atom stereocenters. The molecule has 31 heavy (non-hydrogen) atoms. The summed E-state index contributed by atoms with van der Waals surface area (Å²) >= 11 is 8.09. The molecule has 3 N–H and O–H groups in total. The van der Waals surface area contributed by atoms with Crippen molar-refractivity contribution in [2.75, 3.05) is 5.32 Å². The second-order valence-electron chi connectivity index (χ2n) is 7.75. The van der Waals surface area contributed by atoms with Crippen LogP contribution in [0.5, 0.6) is 0 Å².